The maximum Gasteiger partial charge on any atom is 0.230 e. The van der Waals surface area contributed by atoms with E-state index in [2.05, 4.69) is 46.1 Å². The number of carbonyl (C=O) groups excluding carboxylic acids is 1. The van der Waals surface area contributed by atoms with E-state index < -0.39 is 0 Å². The van der Waals surface area contributed by atoms with Gasteiger partial charge in [0, 0.05) is 17.0 Å². The van der Waals surface area contributed by atoms with Gasteiger partial charge in [-0.05, 0) is 37.8 Å². The number of aryl methyl sites for hydroxylation is 1. The van der Waals surface area contributed by atoms with Crippen LogP contribution < -0.4 is 5.32 Å². The minimum absolute atomic E-state index is 0.000931. The number of amides is 1. The smallest absolute Gasteiger partial charge is 0.230 e. The van der Waals surface area contributed by atoms with Gasteiger partial charge in [-0.25, -0.2) is 0 Å². The highest BCUT2D eigenvalue weighted by Crippen LogP contribution is 2.26. The van der Waals surface area contributed by atoms with Gasteiger partial charge in [-0.3, -0.25) is 4.79 Å². The third kappa shape index (κ3) is 4.16. The fourth-order valence-corrected chi connectivity index (χ4v) is 4.27. The minimum atomic E-state index is -0.000931. The van der Waals surface area contributed by atoms with Crippen molar-refractivity contribution in [1.29, 1.82) is 0 Å². The fraction of sp³-hybridized carbons (Fsp3) is 0.316. The van der Waals surface area contributed by atoms with Gasteiger partial charge >= 0.3 is 0 Å². The molecule has 1 amide bonds. The van der Waals surface area contributed by atoms with E-state index in [-0.39, 0.29) is 11.9 Å². The van der Waals surface area contributed by atoms with Crippen molar-refractivity contribution in [1.82, 2.24) is 20.1 Å². The van der Waals surface area contributed by atoms with E-state index >= 15 is 0 Å². The Labute approximate surface area is 161 Å². The number of aromatic nitrogens is 3. The number of thioether (sulfide) groups is 1. The Bertz CT molecular complexity index is 874. The van der Waals surface area contributed by atoms with Crippen molar-refractivity contribution in [2.45, 2.75) is 38.5 Å². The molecule has 1 atom stereocenters. The van der Waals surface area contributed by atoms with Crippen LogP contribution in [0.2, 0.25) is 0 Å². The van der Waals surface area contributed by atoms with Gasteiger partial charge in [0.25, 0.3) is 0 Å². The van der Waals surface area contributed by atoms with Crippen molar-refractivity contribution >= 4 is 29.0 Å². The summed E-state index contributed by atoms with van der Waals surface area (Å²) in [5.41, 5.74) is 2.23. The van der Waals surface area contributed by atoms with Gasteiger partial charge in [0.1, 0.15) is 0 Å². The lowest BCUT2D eigenvalue weighted by Crippen LogP contribution is -2.27. The fourth-order valence-electron chi connectivity index (χ4n) is 2.73. The number of rotatable bonds is 7. The molecule has 0 radical (unpaired) electrons. The van der Waals surface area contributed by atoms with Crippen LogP contribution in [0.3, 0.4) is 0 Å². The minimum Gasteiger partial charge on any atom is -0.348 e. The van der Waals surface area contributed by atoms with Crippen LogP contribution in [0.1, 0.15) is 30.3 Å². The zero-order chi connectivity index (χ0) is 18.5. The Kier molecular flexibility index (Phi) is 6.11. The molecule has 136 valence electrons. The van der Waals surface area contributed by atoms with Crippen molar-refractivity contribution in [2.75, 3.05) is 5.75 Å². The highest BCUT2D eigenvalue weighted by Gasteiger charge is 2.16. The van der Waals surface area contributed by atoms with Gasteiger partial charge in [-0.2, -0.15) is 0 Å². The summed E-state index contributed by atoms with van der Waals surface area (Å²) >= 11 is 3.07. The molecule has 0 bridgehead atoms. The van der Waals surface area contributed by atoms with E-state index in [1.165, 1.54) is 11.8 Å². The first-order chi connectivity index (χ1) is 12.6. The second-order valence-corrected chi connectivity index (χ2v) is 7.88. The molecule has 2 heterocycles. The summed E-state index contributed by atoms with van der Waals surface area (Å²) in [4.78, 5) is 13.4. The first-order valence-corrected chi connectivity index (χ1v) is 10.4. The molecule has 5 nitrogen and oxygen atoms in total. The molecule has 0 aliphatic carbocycles. The molecule has 2 aromatic heterocycles. The van der Waals surface area contributed by atoms with Gasteiger partial charge in [-0.1, -0.05) is 42.1 Å². The molecule has 0 spiro atoms. The first-order valence-electron chi connectivity index (χ1n) is 8.55. The molecule has 0 aliphatic rings. The SMILES string of the molecule is CCn1c(SCC(=O)N[C@@H](C)c2cccs2)nnc1-c1ccccc1C. The molecular formula is C19H22N4OS2. The van der Waals surface area contributed by atoms with Gasteiger partial charge < -0.3 is 9.88 Å². The molecule has 1 aromatic carbocycles. The molecule has 3 aromatic rings. The van der Waals surface area contributed by atoms with Crippen molar-refractivity contribution in [3.8, 4) is 11.4 Å². The monoisotopic (exact) mass is 386 g/mol. The molecule has 0 fully saturated rings. The predicted octanol–water partition coefficient (Wildman–Crippen LogP) is 4.30. The molecule has 3 rings (SSSR count). The van der Waals surface area contributed by atoms with E-state index in [1.807, 2.05) is 36.6 Å². The van der Waals surface area contributed by atoms with Crippen LogP contribution in [0.25, 0.3) is 11.4 Å². The quantitative estimate of drug-likeness (QED) is 0.615. The highest BCUT2D eigenvalue weighted by molar-refractivity contribution is 7.99. The number of hydrogen-bond donors (Lipinski definition) is 1. The largest absolute Gasteiger partial charge is 0.348 e. The summed E-state index contributed by atoms with van der Waals surface area (Å²) < 4.78 is 2.06. The van der Waals surface area contributed by atoms with Crippen LogP contribution in [-0.4, -0.2) is 26.4 Å². The Morgan fingerprint density at radius 1 is 1.27 bits per heavy atom. The Morgan fingerprint density at radius 3 is 2.77 bits per heavy atom. The van der Waals surface area contributed by atoms with Crippen LogP contribution in [-0.2, 0) is 11.3 Å². The maximum absolute atomic E-state index is 12.3. The third-order valence-electron chi connectivity index (χ3n) is 4.10. The summed E-state index contributed by atoms with van der Waals surface area (Å²) in [5.74, 6) is 1.17. The van der Waals surface area contributed by atoms with E-state index in [1.54, 1.807) is 11.3 Å². The van der Waals surface area contributed by atoms with Gasteiger partial charge in [0.15, 0.2) is 11.0 Å². The second-order valence-electron chi connectivity index (χ2n) is 5.96. The standard InChI is InChI=1S/C19H22N4OS2/c1-4-23-18(15-9-6-5-8-13(15)2)21-22-19(23)26-12-17(24)20-14(3)16-10-7-11-25-16/h5-11,14H,4,12H2,1-3H3,(H,20,24)/t14-/m0/s1. The summed E-state index contributed by atoms with van der Waals surface area (Å²) in [6.45, 7) is 6.88. The summed E-state index contributed by atoms with van der Waals surface area (Å²) in [7, 11) is 0. The normalized spacial score (nSPS) is 12.1. The van der Waals surface area contributed by atoms with Gasteiger partial charge in [-0.15, -0.1) is 21.5 Å². The van der Waals surface area contributed by atoms with Crippen molar-refractivity contribution in [3.05, 3.63) is 52.2 Å². The summed E-state index contributed by atoms with van der Waals surface area (Å²) in [6, 6.07) is 12.2. The van der Waals surface area contributed by atoms with Gasteiger partial charge in [0.05, 0.1) is 11.8 Å². The van der Waals surface area contributed by atoms with Crippen LogP contribution in [0, 0.1) is 6.92 Å². The molecule has 0 saturated carbocycles. The summed E-state index contributed by atoms with van der Waals surface area (Å²) in [6.07, 6.45) is 0. The average Bonchev–Trinajstić information content (AvgIpc) is 3.30. The molecule has 7 heteroatoms. The lowest BCUT2D eigenvalue weighted by Gasteiger charge is -2.12. The third-order valence-corrected chi connectivity index (χ3v) is 6.12. The van der Waals surface area contributed by atoms with Crippen LogP contribution in [0.4, 0.5) is 0 Å². The number of benzene rings is 1. The first kappa shape index (κ1) is 18.7. The molecule has 0 aliphatic heterocycles. The molecule has 0 unspecified atom stereocenters. The zero-order valence-electron chi connectivity index (χ0n) is 15.1. The molecule has 26 heavy (non-hydrogen) atoms. The summed E-state index contributed by atoms with van der Waals surface area (Å²) in [5, 5.41) is 14.5. The number of hydrogen-bond acceptors (Lipinski definition) is 5. The average molecular weight is 387 g/mol. The number of nitrogens with one attached hydrogen (secondary N) is 1. The Balaban J connectivity index is 1.67. The van der Waals surface area contributed by atoms with E-state index in [9.17, 15) is 4.79 Å². The molecule has 0 saturated heterocycles. The van der Waals surface area contributed by atoms with E-state index in [0.29, 0.717) is 5.75 Å². The Morgan fingerprint density at radius 2 is 2.08 bits per heavy atom. The number of thiophene rings is 1. The van der Waals surface area contributed by atoms with Crippen LogP contribution in [0.15, 0.2) is 46.9 Å². The van der Waals surface area contributed by atoms with Crippen molar-refractivity contribution in [3.63, 3.8) is 0 Å². The molecule has 1 N–H and O–H groups in total. The second kappa shape index (κ2) is 8.51. The zero-order valence-corrected chi connectivity index (χ0v) is 16.7. The van der Waals surface area contributed by atoms with Crippen LogP contribution in [0.5, 0.6) is 0 Å². The number of carbonyl (C=O) groups is 1. The topological polar surface area (TPSA) is 59.8 Å². The van der Waals surface area contributed by atoms with Crippen LogP contribution >= 0.6 is 23.1 Å². The number of nitrogens with zero attached hydrogens (tertiary/aromatic N) is 3. The van der Waals surface area contributed by atoms with Gasteiger partial charge in [0.2, 0.25) is 5.91 Å². The maximum atomic E-state index is 12.3. The lowest BCUT2D eigenvalue weighted by atomic mass is 10.1. The highest BCUT2D eigenvalue weighted by atomic mass is 32.2. The predicted molar refractivity (Wildman–Crippen MR) is 107 cm³/mol. The van der Waals surface area contributed by atoms with E-state index in [0.717, 1.165) is 33.5 Å². The van der Waals surface area contributed by atoms with E-state index in [4.69, 9.17) is 0 Å². The van der Waals surface area contributed by atoms with Crippen molar-refractivity contribution < 1.29 is 4.79 Å². The lowest BCUT2D eigenvalue weighted by molar-refractivity contribution is -0.119. The molecular weight excluding hydrogens is 364 g/mol. The Hall–Kier alpha value is -2.12. The van der Waals surface area contributed by atoms with Crippen molar-refractivity contribution in [2.24, 2.45) is 0 Å².